The van der Waals surface area contributed by atoms with Crippen LogP contribution in [0.5, 0.6) is 0 Å². The van der Waals surface area contributed by atoms with E-state index in [1.807, 2.05) is 30.5 Å². The van der Waals surface area contributed by atoms with Gasteiger partial charge in [-0.15, -0.1) is 0 Å². The molecule has 0 aliphatic carbocycles. The van der Waals surface area contributed by atoms with Gasteiger partial charge >= 0.3 is 0 Å². The molecule has 6 nitrogen and oxygen atoms in total. The van der Waals surface area contributed by atoms with Crippen molar-refractivity contribution in [3.63, 3.8) is 0 Å². The second kappa shape index (κ2) is 7.48. The molecule has 4 N–H and O–H groups in total. The van der Waals surface area contributed by atoms with Gasteiger partial charge in [-0.2, -0.15) is 0 Å². The van der Waals surface area contributed by atoms with E-state index >= 15 is 4.39 Å². The highest BCUT2D eigenvalue weighted by molar-refractivity contribution is 5.23. The fourth-order valence-corrected chi connectivity index (χ4v) is 4.85. The van der Waals surface area contributed by atoms with Gasteiger partial charge in [-0.05, 0) is 56.1 Å². The number of fused-ring (bicyclic) bond motifs is 1. The number of halogens is 1. The quantitative estimate of drug-likeness (QED) is 0.650. The minimum atomic E-state index is -1.32. The molecule has 3 saturated heterocycles. The molecule has 5 heterocycles. The van der Waals surface area contributed by atoms with E-state index in [9.17, 15) is 0 Å². The Morgan fingerprint density at radius 3 is 2.79 bits per heavy atom. The molecule has 7 heteroatoms. The summed E-state index contributed by atoms with van der Waals surface area (Å²) in [7, 11) is 0. The number of piperidine rings is 2. The minimum absolute atomic E-state index is 0.0801. The van der Waals surface area contributed by atoms with E-state index < -0.39 is 5.67 Å². The first-order chi connectivity index (χ1) is 13.7. The number of aromatic nitrogens is 2. The van der Waals surface area contributed by atoms with Crippen molar-refractivity contribution in [2.24, 2.45) is 5.92 Å². The molecule has 28 heavy (non-hydrogen) atoms. The Bertz CT molecular complexity index is 810. The van der Waals surface area contributed by atoms with Crippen LogP contribution < -0.4 is 21.5 Å². The topological polar surface area (TPSA) is 73.9 Å². The third kappa shape index (κ3) is 3.33. The molecule has 3 aliphatic heterocycles. The Labute approximate surface area is 164 Å². The first kappa shape index (κ1) is 18.1. The fourth-order valence-electron chi connectivity index (χ4n) is 4.85. The van der Waals surface area contributed by atoms with Crippen molar-refractivity contribution in [2.45, 2.75) is 43.1 Å². The predicted molar refractivity (Wildman–Crippen MR) is 105 cm³/mol. The van der Waals surface area contributed by atoms with Gasteiger partial charge in [0.15, 0.2) is 5.67 Å². The van der Waals surface area contributed by atoms with E-state index in [0.29, 0.717) is 43.6 Å². The second-order valence-corrected chi connectivity index (χ2v) is 8.18. The number of hydrazine groups is 1. The zero-order valence-electron chi connectivity index (χ0n) is 15.9. The van der Waals surface area contributed by atoms with Crippen LogP contribution in [0.1, 0.15) is 48.3 Å². The standard InChI is InChI=1S/C21H27FN6/c22-21(6-9-23-10-7-21)19-5-1-4-16(26-19)20-15-11-17(14-3-2-8-24-12-14)25-13-18(15)27-28-20/h1-5,8,12,15,17-18,20,23,25,27-28H,6-7,9-11,13H2. The van der Waals surface area contributed by atoms with E-state index in [1.54, 1.807) is 6.20 Å². The molecular formula is C21H27FN6. The maximum Gasteiger partial charge on any atom is 0.155 e. The molecule has 2 aromatic rings. The number of pyridine rings is 2. The zero-order chi connectivity index (χ0) is 19.0. The lowest BCUT2D eigenvalue weighted by Gasteiger charge is -2.34. The molecule has 0 spiro atoms. The van der Waals surface area contributed by atoms with Crippen LogP contribution in [-0.4, -0.2) is 35.6 Å². The Kier molecular flexibility index (Phi) is 4.84. The number of hydrogen-bond acceptors (Lipinski definition) is 6. The van der Waals surface area contributed by atoms with Crippen LogP contribution in [0.4, 0.5) is 4.39 Å². The van der Waals surface area contributed by atoms with Gasteiger partial charge in [-0.1, -0.05) is 12.1 Å². The Morgan fingerprint density at radius 1 is 1.07 bits per heavy atom. The third-order valence-electron chi connectivity index (χ3n) is 6.49. The fraction of sp³-hybridized carbons (Fsp3) is 0.524. The van der Waals surface area contributed by atoms with Crippen molar-refractivity contribution in [2.75, 3.05) is 19.6 Å². The molecule has 148 valence electrons. The zero-order valence-corrected chi connectivity index (χ0v) is 15.9. The molecule has 0 bridgehead atoms. The summed E-state index contributed by atoms with van der Waals surface area (Å²) in [4.78, 5) is 9.06. The average molecular weight is 382 g/mol. The van der Waals surface area contributed by atoms with Crippen LogP contribution in [0.15, 0.2) is 42.7 Å². The molecule has 0 aromatic carbocycles. The first-order valence-corrected chi connectivity index (χ1v) is 10.2. The molecule has 4 unspecified atom stereocenters. The van der Waals surface area contributed by atoms with Crippen LogP contribution in [0.3, 0.4) is 0 Å². The monoisotopic (exact) mass is 382 g/mol. The van der Waals surface area contributed by atoms with Gasteiger partial charge in [-0.25, -0.2) is 9.82 Å². The van der Waals surface area contributed by atoms with Crippen LogP contribution in [0.2, 0.25) is 0 Å². The normalized spacial score (nSPS) is 32.0. The molecule has 3 fully saturated rings. The summed E-state index contributed by atoms with van der Waals surface area (Å²) >= 11 is 0. The molecule has 2 aromatic heterocycles. The van der Waals surface area contributed by atoms with E-state index in [0.717, 1.165) is 18.7 Å². The lowest BCUT2D eigenvalue weighted by atomic mass is 9.81. The average Bonchev–Trinajstić information content (AvgIpc) is 3.18. The molecule has 0 radical (unpaired) electrons. The number of rotatable bonds is 3. The number of hydrogen-bond donors (Lipinski definition) is 4. The number of nitrogens with zero attached hydrogens (tertiary/aromatic N) is 2. The van der Waals surface area contributed by atoms with Crippen LogP contribution in [0, 0.1) is 5.92 Å². The van der Waals surface area contributed by atoms with Crippen molar-refractivity contribution >= 4 is 0 Å². The molecule has 0 saturated carbocycles. The van der Waals surface area contributed by atoms with Crippen molar-refractivity contribution in [1.29, 1.82) is 0 Å². The lowest BCUT2D eigenvalue weighted by molar-refractivity contribution is 0.109. The highest BCUT2D eigenvalue weighted by Crippen LogP contribution is 2.39. The van der Waals surface area contributed by atoms with Crippen molar-refractivity contribution in [1.82, 2.24) is 31.5 Å². The summed E-state index contributed by atoms with van der Waals surface area (Å²) < 4.78 is 15.4. The summed E-state index contributed by atoms with van der Waals surface area (Å²) in [6.45, 7) is 2.29. The molecular weight excluding hydrogens is 355 g/mol. The first-order valence-electron chi connectivity index (χ1n) is 10.2. The van der Waals surface area contributed by atoms with Crippen LogP contribution in [0.25, 0.3) is 0 Å². The van der Waals surface area contributed by atoms with Gasteiger partial charge in [0, 0.05) is 36.9 Å². The van der Waals surface area contributed by atoms with Gasteiger partial charge in [0.2, 0.25) is 0 Å². The number of nitrogens with one attached hydrogen (secondary N) is 4. The maximum absolute atomic E-state index is 15.4. The number of alkyl halides is 1. The van der Waals surface area contributed by atoms with Gasteiger partial charge in [-0.3, -0.25) is 15.4 Å². The molecule has 0 amide bonds. The summed E-state index contributed by atoms with van der Waals surface area (Å²) in [6.07, 6.45) is 5.70. The third-order valence-corrected chi connectivity index (χ3v) is 6.49. The summed E-state index contributed by atoms with van der Waals surface area (Å²) in [5.41, 5.74) is 8.24. The maximum atomic E-state index is 15.4. The molecule has 3 aliphatic rings. The summed E-state index contributed by atoms with van der Waals surface area (Å²) in [5.74, 6) is 0.387. The SMILES string of the molecule is FC1(c2cccc(C3NNC4CNC(c5cccnc5)CC43)n2)CCNCC1. The largest absolute Gasteiger partial charge is 0.316 e. The Morgan fingerprint density at radius 2 is 1.96 bits per heavy atom. The minimum Gasteiger partial charge on any atom is -0.316 e. The smallest absolute Gasteiger partial charge is 0.155 e. The molecule has 5 rings (SSSR count). The van der Waals surface area contributed by atoms with Crippen molar-refractivity contribution < 1.29 is 4.39 Å². The van der Waals surface area contributed by atoms with E-state index in [1.165, 1.54) is 5.56 Å². The van der Waals surface area contributed by atoms with E-state index in [-0.39, 0.29) is 12.1 Å². The highest BCUT2D eigenvalue weighted by atomic mass is 19.1. The lowest BCUT2D eigenvalue weighted by Crippen LogP contribution is -2.46. The Balaban J connectivity index is 1.38. The predicted octanol–water partition coefficient (Wildman–Crippen LogP) is 1.89. The van der Waals surface area contributed by atoms with Crippen molar-refractivity contribution in [3.05, 3.63) is 59.7 Å². The van der Waals surface area contributed by atoms with Gasteiger partial charge in [0.05, 0.1) is 17.4 Å². The second-order valence-electron chi connectivity index (χ2n) is 8.18. The van der Waals surface area contributed by atoms with Gasteiger partial charge in [0.1, 0.15) is 0 Å². The van der Waals surface area contributed by atoms with Gasteiger partial charge in [0.25, 0.3) is 0 Å². The van der Waals surface area contributed by atoms with E-state index in [4.69, 9.17) is 4.98 Å². The summed E-state index contributed by atoms with van der Waals surface area (Å²) in [6, 6.07) is 10.6. The highest BCUT2D eigenvalue weighted by Gasteiger charge is 2.42. The van der Waals surface area contributed by atoms with E-state index in [2.05, 4.69) is 32.5 Å². The Hall–Kier alpha value is -1.93. The van der Waals surface area contributed by atoms with Crippen LogP contribution in [-0.2, 0) is 5.67 Å². The van der Waals surface area contributed by atoms with Gasteiger partial charge < -0.3 is 10.6 Å². The molecule has 4 atom stereocenters. The van der Waals surface area contributed by atoms with Crippen LogP contribution >= 0.6 is 0 Å². The van der Waals surface area contributed by atoms with Crippen molar-refractivity contribution in [3.8, 4) is 0 Å². The summed E-state index contributed by atoms with van der Waals surface area (Å²) in [5, 5.41) is 6.85.